The standard InChI is InChI=1S/C20H16BrClN2O6/c1-10(20(27)28)30-17-14(29-2)9-11(15(21)16(17)22)8-13-18(25)23-24(19(13)26)12-6-4-3-5-7-12/h3-10H,1-2H3,(H,23,25)(H,27,28). The number of ether oxygens (including phenoxy) is 2. The number of carbonyl (C=O) groups excluding carboxylic acids is 2. The van der Waals surface area contributed by atoms with Crippen molar-refractivity contribution in [3.8, 4) is 11.5 Å². The molecule has 156 valence electrons. The van der Waals surface area contributed by atoms with Crippen LogP contribution in [0.1, 0.15) is 12.5 Å². The van der Waals surface area contributed by atoms with Gasteiger partial charge in [0.1, 0.15) is 10.6 Å². The molecule has 0 radical (unpaired) electrons. The molecule has 3 rings (SSSR count). The van der Waals surface area contributed by atoms with Crippen LogP contribution >= 0.6 is 27.5 Å². The van der Waals surface area contributed by atoms with Crippen molar-refractivity contribution in [2.24, 2.45) is 0 Å². The summed E-state index contributed by atoms with van der Waals surface area (Å²) in [4.78, 5) is 36.3. The van der Waals surface area contributed by atoms with Crippen molar-refractivity contribution in [1.29, 1.82) is 0 Å². The van der Waals surface area contributed by atoms with Gasteiger partial charge in [0.15, 0.2) is 17.6 Å². The SMILES string of the molecule is COc1cc(C=C2C(=O)NN(c3ccccc3)C2=O)c(Br)c(Cl)c1OC(C)C(=O)O. The Morgan fingerprint density at radius 3 is 2.57 bits per heavy atom. The summed E-state index contributed by atoms with van der Waals surface area (Å²) in [5, 5.41) is 10.3. The van der Waals surface area contributed by atoms with E-state index in [9.17, 15) is 14.4 Å². The maximum atomic E-state index is 12.8. The highest BCUT2D eigenvalue weighted by molar-refractivity contribution is 9.10. The number of hydrogen-bond donors (Lipinski definition) is 2. The third-order valence-corrected chi connectivity index (χ3v) is 5.67. The molecule has 0 saturated carbocycles. The van der Waals surface area contributed by atoms with Crippen molar-refractivity contribution in [3.63, 3.8) is 0 Å². The van der Waals surface area contributed by atoms with Gasteiger partial charge in [0.05, 0.1) is 12.8 Å². The fourth-order valence-electron chi connectivity index (χ4n) is 2.67. The number of rotatable bonds is 6. The Kier molecular flexibility index (Phi) is 6.33. The van der Waals surface area contributed by atoms with Gasteiger partial charge in [-0.1, -0.05) is 29.8 Å². The lowest BCUT2D eigenvalue weighted by Crippen LogP contribution is -2.35. The summed E-state index contributed by atoms with van der Waals surface area (Å²) in [6.07, 6.45) is 0.192. The lowest BCUT2D eigenvalue weighted by atomic mass is 10.1. The minimum atomic E-state index is -1.18. The topological polar surface area (TPSA) is 105 Å². The largest absolute Gasteiger partial charge is 0.493 e. The number of hydrogen-bond acceptors (Lipinski definition) is 5. The zero-order valence-electron chi connectivity index (χ0n) is 15.8. The number of para-hydroxylation sites is 1. The van der Waals surface area contributed by atoms with Gasteiger partial charge in [0.25, 0.3) is 11.8 Å². The molecule has 30 heavy (non-hydrogen) atoms. The molecule has 0 bridgehead atoms. The van der Waals surface area contributed by atoms with Gasteiger partial charge in [-0.2, -0.15) is 0 Å². The number of methoxy groups -OCH3 is 1. The molecule has 0 spiro atoms. The van der Waals surface area contributed by atoms with Gasteiger partial charge in [-0.3, -0.25) is 15.0 Å². The molecular formula is C20H16BrClN2O6. The van der Waals surface area contributed by atoms with E-state index >= 15 is 0 Å². The normalized spacial score (nSPS) is 15.9. The van der Waals surface area contributed by atoms with Crippen LogP contribution in [0.15, 0.2) is 46.4 Å². The predicted octanol–water partition coefficient (Wildman–Crippen LogP) is 3.42. The summed E-state index contributed by atoms with van der Waals surface area (Å²) in [7, 11) is 1.36. The molecule has 1 atom stereocenters. The summed E-state index contributed by atoms with van der Waals surface area (Å²) in [6.45, 7) is 1.35. The molecule has 1 aliphatic heterocycles. The van der Waals surface area contributed by atoms with Crippen LogP contribution in [0, 0.1) is 0 Å². The summed E-state index contributed by atoms with van der Waals surface area (Å²) in [6, 6.07) is 10.1. The van der Waals surface area contributed by atoms with E-state index in [0.29, 0.717) is 15.7 Å². The number of nitrogens with one attached hydrogen (secondary N) is 1. The smallest absolute Gasteiger partial charge is 0.344 e. The predicted molar refractivity (Wildman–Crippen MR) is 113 cm³/mol. The number of benzene rings is 2. The van der Waals surface area contributed by atoms with Crippen LogP contribution in [-0.2, 0) is 14.4 Å². The number of nitrogens with zero attached hydrogens (tertiary/aromatic N) is 1. The van der Waals surface area contributed by atoms with Crippen LogP contribution in [0.5, 0.6) is 11.5 Å². The average Bonchev–Trinajstić information content (AvgIpc) is 3.01. The van der Waals surface area contributed by atoms with Crippen molar-refractivity contribution in [2.75, 3.05) is 12.1 Å². The number of carbonyl (C=O) groups is 3. The van der Waals surface area contributed by atoms with Crippen LogP contribution in [0.2, 0.25) is 5.02 Å². The summed E-state index contributed by atoms with van der Waals surface area (Å²) >= 11 is 9.66. The van der Waals surface area contributed by atoms with Crippen molar-refractivity contribution in [3.05, 3.63) is 57.0 Å². The maximum Gasteiger partial charge on any atom is 0.344 e. The number of carboxylic acids is 1. The average molecular weight is 496 g/mol. The molecule has 2 amide bonds. The van der Waals surface area contributed by atoms with Crippen molar-refractivity contribution in [2.45, 2.75) is 13.0 Å². The number of halogens is 2. The van der Waals surface area contributed by atoms with Gasteiger partial charge in [-0.15, -0.1) is 0 Å². The first-order valence-corrected chi connectivity index (χ1v) is 9.79. The van der Waals surface area contributed by atoms with Crippen LogP contribution < -0.4 is 19.9 Å². The van der Waals surface area contributed by atoms with Gasteiger partial charge in [0, 0.05) is 4.47 Å². The molecule has 2 aromatic carbocycles. The van der Waals surface area contributed by atoms with E-state index in [0.717, 1.165) is 5.01 Å². The van der Waals surface area contributed by atoms with Gasteiger partial charge >= 0.3 is 5.97 Å². The Labute approximate surface area is 185 Å². The molecular weight excluding hydrogens is 480 g/mol. The zero-order valence-corrected chi connectivity index (χ0v) is 18.2. The number of aliphatic carboxylic acids is 1. The first kappa shape index (κ1) is 21.7. The Morgan fingerprint density at radius 1 is 1.30 bits per heavy atom. The Morgan fingerprint density at radius 2 is 1.97 bits per heavy atom. The van der Waals surface area contributed by atoms with Crippen LogP contribution in [0.4, 0.5) is 5.69 Å². The molecule has 0 aromatic heterocycles. The number of carboxylic acid groups (broad SMARTS) is 1. The number of hydrazine groups is 1. The quantitative estimate of drug-likeness (QED) is 0.470. The second-order valence-corrected chi connectivity index (χ2v) is 7.37. The number of amides is 2. The third-order valence-electron chi connectivity index (χ3n) is 4.22. The molecule has 1 saturated heterocycles. The third kappa shape index (κ3) is 4.12. The Hall–Kier alpha value is -3.04. The van der Waals surface area contributed by atoms with Crippen LogP contribution in [-0.4, -0.2) is 36.1 Å². The lowest BCUT2D eigenvalue weighted by molar-refractivity contribution is -0.144. The molecule has 1 heterocycles. The summed E-state index contributed by atoms with van der Waals surface area (Å²) < 4.78 is 11.0. The van der Waals surface area contributed by atoms with Gasteiger partial charge < -0.3 is 14.6 Å². The van der Waals surface area contributed by atoms with E-state index < -0.39 is 23.9 Å². The van der Waals surface area contributed by atoms with Crippen LogP contribution in [0.3, 0.4) is 0 Å². The second kappa shape index (κ2) is 8.76. The maximum absolute atomic E-state index is 12.8. The first-order chi connectivity index (χ1) is 14.2. The van der Waals surface area contributed by atoms with Gasteiger partial charge in [-0.25, -0.2) is 9.80 Å². The zero-order chi connectivity index (χ0) is 22.0. The minimum Gasteiger partial charge on any atom is -0.493 e. The van der Waals surface area contributed by atoms with E-state index in [1.165, 1.54) is 26.2 Å². The minimum absolute atomic E-state index is 0.0243. The van der Waals surface area contributed by atoms with E-state index in [2.05, 4.69) is 21.4 Å². The lowest BCUT2D eigenvalue weighted by Gasteiger charge is -2.17. The monoisotopic (exact) mass is 494 g/mol. The molecule has 10 heteroatoms. The number of anilines is 1. The molecule has 2 N–H and O–H groups in total. The summed E-state index contributed by atoms with van der Waals surface area (Å²) in [5.41, 5.74) is 3.29. The fourth-order valence-corrected chi connectivity index (χ4v) is 3.33. The molecule has 8 nitrogen and oxygen atoms in total. The highest BCUT2D eigenvalue weighted by atomic mass is 79.9. The van der Waals surface area contributed by atoms with Crippen LogP contribution in [0.25, 0.3) is 6.08 Å². The second-order valence-electron chi connectivity index (χ2n) is 6.20. The fraction of sp³-hybridized carbons (Fsp3) is 0.150. The van der Waals surface area contributed by atoms with E-state index in [1.807, 2.05) is 0 Å². The summed E-state index contributed by atoms with van der Waals surface area (Å²) in [5.74, 6) is -2.12. The molecule has 1 fully saturated rings. The molecule has 1 unspecified atom stereocenters. The first-order valence-electron chi connectivity index (χ1n) is 8.62. The van der Waals surface area contributed by atoms with E-state index in [1.54, 1.807) is 30.3 Å². The van der Waals surface area contributed by atoms with Gasteiger partial charge in [-0.05, 0) is 52.7 Å². The molecule has 0 aliphatic carbocycles. The van der Waals surface area contributed by atoms with E-state index in [4.69, 9.17) is 26.2 Å². The Bertz CT molecular complexity index is 1060. The molecule has 1 aliphatic rings. The highest BCUT2D eigenvalue weighted by Crippen LogP contribution is 2.44. The van der Waals surface area contributed by atoms with Crippen molar-refractivity contribution >= 4 is 57.1 Å². The molecule has 2 aromatic rings. The van der Waals surface area contributed by atoms with Crippen molar-refractivity contribution < 1.29 is 29.0 Å². The highest BCUT2D eigenvalue weighted by Gasteiger charge is 2.35. The van der Waals surface area contributed by atoms with E-state index in [-0.39, 0.29) is 22.1 Å². The van der Waals surface area contributed by atoms with Crippen molar-refractivity contribution in [1.82, 2.24) is 5.43 Å². The Balaban J connectivity index is 2.01. The van der Waals surface area contributed by atoms with Gasteiger partial charge in [0.2, 0.25) is 0 Å².